The summed E-state index contributed by atoms with van der Waals surface area (Å²) in [5, 5.41) is 6.52. The SMILES string of the molecule is CC1(C)CC(n2[nH]c(=O)c3c2NC(=O)CSC3c2ccc(Cl)cc2Cl)CCO1. The second-order valence-corrected chi connectivity index (χ2v) is 9.67. The Balaban J connectivity index is 1.82. The number of aromatic amines is 1. The first-order valence-corrected chi connectivity index (χ1v) is 10.9. The highest BCUT2D eigenvalue weighted by Gasteiger charge is 2.36. The Morgan fingerprint density at radius 2 is 2.07 bits per heavy atom. The smallest absolute Gasteiger partial charge is 0.270 e. The van der Waals surface area contributed by atoms with Crippen LogP contribution in [0.5, 0.6) is 0 Å². The first-order valence-electron chi connectivity index (χ1n) is 9.10. The monoisotopic (exact) mass is 441 g/mol. The number of anilines is 1. The third-order valence-electron chi connectivity index (χ3n) is 5.14. The molecule has 3 heterocycles. The summed E-state index contributed by atoms with van der Waals surface area (Å²) in [6, 6.07) is 5.25. The van der Waals surface area contributed by atoms with Crippen molar-refractivity contribution in [3.05, 3.63) is 49.7 Å². The van der Waals surface area contributed by atoms with Crippen molar-refractivity contribution in [2.75, 3.05) is 17.7 Å². The van der Waals surface area contributed by atoms with E-state index >= 15 is 0 Å². The largest absolute Gasteiger partial charge is 0.375 e. The van der Waals surface area contributed by atoms with Crippen LogP contribution in [0.15, 0.2) is 23.0 Å². The Hall–Kier alpha value is -1.41. The van der Waals surface area contributed by atoms with Gasteiger partial charge in [-0.25, -0.2) is 0 Å². The van der Waals surface area contributed by atoms with Crippen molar-refractivity contribution in [1.29, 1.82) is 0 Å². The number of H-pyrrole nitrogens is 1. The molecule has 1 aromatic carbocycles. The number of carbonyl (C=O) groups is 1. The van der Waals surface area contributed by atoms with Crippen LogP contribution in [-0.2, 0) is 9.53 Å². The Morgan fingerprint density at radius 1 is 1.29 bits per heavy atom. The van der Waals surface area contributed by atoms with Crippen molar-refractivity contribution >= 4 is 46.7 Å². The normalized spacial score (nSPS) is 24.4. The van der Waals surface area contributed by atoms with Gasteiger partial charge in [0.1, 0.15) is 5.82 Å². The fourth-order valence-electron chi connectivity index (χ4n) is 3.90. The van der Waals surface area contributed by atoms with Crippen LogP contribution in [0.4, 0.5) is 5.82 Å². The maximum Gasteiger partial charge on any atom is 0.270 e. The number of rotatable bonds is 2. The van der Waals surface area contributed by atoms with Crippen molar-refractivity contribution in [3.63, 3.8) is 0 Å². The van der Waals surface area contributed by atoms with Gasteiger partial charge in [0.05, 0.1) is 28.2 Å². The number of hydrogen-bond acceptors (Lipinski definition) is 4. The number of nitrogens with zero attached hydrogens (tertiary/aromatic N) is 1. The summed E-state index contributed by atoms with van der Waals surface area (Å²) in [6.07, 6.45) is 1.50. The third-order valence-corrected chi connectivity index (χ3v) is 6.96. The summed E-state index contributed by atoms with van der Waals surface area (Å²) in [7, 11) is 0. The van der Waals surface area contributed by atoms with Crippen LogP contribution in [0, 0.1) is 0 Å². The minimum atomic E-state index is -0.364. The lowest BCUT2D eigenvalue weighted by Crippen LogP contribution is -2.36. The molecule has 1 aromatic heterocycles. The van der Waals surface area contributed by atoms with E-state index in [-0.39, 0.29) is 34.1 Å². The van der Waals surface area contributed by atoms with Crippen molar-refractivity contribution in [3.8, 4) is 0 Å². The molecule has 2 aromatic rings. The van der Waals surface area contributed by atoms with E-state index in [1.54, 1.807) is 12.1 Å². The second kappa shape index (κ2) is 7.44. The van der Waals surface area contributed by atoms with Gasteiger partial charge in [-0.1, -0.05) is 29.3 Å². The van der Waals surface area contributed by atoms with Crippen molar-refractivity contribution in [1.82, 2.24) is 9.78 Å². The average Bonchev–Trinajstić information content (AvgIpc) is 2.81. The average molecular weight is 442 g/mol. The van der Waals surface area contributed by atoms with Gasteiger partial charge in [-0.05, 0) is 44.4 Å². The summed E-state index contributed by atoms with van der Waals surface area (Å²) >= 11 is 13.8. The van der Waals surface area contributed by atoms with Crippen molar-refractivity contribution in [2.24, 2.45) is 0 Å². The molecule has 0 saturated carbocycles. The van der Waals surface area contributed by atoms with Crippen molar-refractivity contribution in [2.45, 2.75) is 43.6 Å². The van der Waals surface area contributed by atoms with Crippen molar-refractivity contribution < 1.29 is 9.53 Å². The minimum Gasteiger partial charge on any atom is -0.375 e. The van der Waals surface area contributed by atoms with Crippen LogP contribution < -0.4 is 10.9 Å². The van der Waals surface area contributed by atoms with E-state index in [1.807, 2.05) is 24.6 Å². The van der Waals surface area contributed by atoms with Crippen LogP contribution in [0.1, 0.15) is 49.1 Å². The molecule has 2 unspecified atom stereocenters. The molecule has 0 radical (unpaired) electrons. The van der Waals surface area contributed by atoms with Crippen LogP contribution in [0.2, 0.25) is 10.0 Å². The number of ether oxygens (including phenoxy) is 1. The predicted molar refractivity (Wildman–Crippen MR) is 113 cm³/mol. The lowest BCUT2D eigenvalue weighted by molar-refractivity contribution is -0.113. The number of thioether (sulfide) groups is 1. The van der Waals surface area contributed by atoms with Gasteiger partial charge in [-0.15, -0.1) is 11.8 Å². The Labute approximate surface area is 176 Å². The van der Waals surface area contributed by atoms with Crippen LogP contribution in [-0.4, -0.2) is 33.6 Å². The molecule has 0 bridgehead atoms. The van der Waals surface area contributed by atoms with Gasteiger partial charge in [-0.3, -0.25) is 19.4 Å². The maximum absolute atomic E-state index is 13.0. The lowest BCUT2D eigenvalue weighted by Gasteiger charge is -2.36. The molecule has 4 rings (SSSR count). The highest BCUT2D eigenvalue weighted by Crippen LogP contribution is 2.44. The first kappa shape index (κ1) is 19.9. The summed E-state index contributed by atoms with van der Waals surface area (Å²) in [6.45, 7) is 4.66. The van der Waals surface area contributed by atoms with Gasteiger partial charge in [0.2, 0.25) is 5.91 Å². The number of fused-ring (bicyclic) bond motifs is 1. The second-order valence-electron chi connectivity index (χ2n) is 7.73. The number of benzene rings is 1. The predicted octanol–water partition coefficient (Wildman–Crippen LogP) is 4.39. The zero-order valence-corrected chi connectivity index (χ0v) is 17.9. The Kier molecular flexibility index (Phi) is 5.29. The summed E-state index contributed by atoms with van der Waals surface area (Å²) in [5.74, 6) is 0.619. The molecule has 150 valence electrons. The highest BCUT2D eigenvalue weighted by atomic mass is 35.5. The summed E-state index contributed by atoms with van der Waals surface area (Å²) in [5.41, 5.74) is 0.776. The van der Waals surface area contributed by atoms with E-state index in [4.69, 9.17) is 27.9 Å². The summed E-state index contributed by atoms with van der Waals surface area (Å²) < 4.78 is 7.61. The standard InChI is InChI=1S/C19H21Cl2N3O3S/c1-19(2)8-11(5-6-27-19)24-17-15(18(26)23-24)16(28-9-14(25)22-17)12-4-3-10(20)7-13(12)21/h3-4,7,11,16H,5-6,8-9H2,1-2H3,(H,22,25)(H,23,26). The molecule has 2 N–H and O–H groups in total. The molecular formula is C19H21Cl2N3O3S. The quantitative estimate of drug-likeness (QED) is 0.724. The van der Waals surface area contributed by atoms with E-state index in [0.717, 1.165) is 18.4 Å². The number of amides is 1. The van der Waals surface area contributed by atoms with Crippen LogP contribution in [0.25, 0.3) is 0 Å². The molecule has 9 heteroatoms. The number of halogens is 2. The fraction of sp³-hybridized carbons (Fsp3) is 0.474. The molecule has 1 amide bonds. The molecule has 28 heavy (non-hydrogen) atoms. The number of nitrogens with one attached hydrogen (secondary N) is 2. The molecule has 0 aliphatic carbocycles. The van der Waals surface area contributed by atoms with Gasteiger partial charge in [0, 0.05) is 16.7 Å². The molecule has 0 spiro atoms. The Bertz CT molecular complexity index is 985. The van der Waals surface area contributed by atoms with Crippen LogP contribution in [0.3, 0.4) is 0 Å². The molecule has 2 aliphatic rings. The fourth-order valence-corrected chi connectivity index (χ4v) is 5.64. The minimum absolute atomic E-state index is 0.0324. The molecular weight excluding hydrogens is 421 g/mol. The van der Waals surface area contributed by atoms with E-state index in [0.29, 0.717) is 28.0 Å². The zero-order chi connectivity index (χ0) is 20.1. The van der Waals surface area contributed by atoms with E-state index in [9.17, 15) is 9.59 Å². The Morgan fingerprint density at radius 3 is 2.79 bits per heavy atom. The summed E-state index contributed by atoms with van der Waals surface area (Å²) in [4.78, 5) is 25.4. The molecule has 6 nitrogen and oxygen atoms in total. The number of aromatic nitrogens is 2. The van der Waals surface area contributed by atoms with E-state index < -0.39 is 0 Å². The van der Waals surface area contributed by atoms with Gasteiger partial charge < -0.3 is 10.1 Å². The number of hydrogen-bond donors (Lipinski definition) is 2. The first-order chi connectivity index (χ1) is 13.2. The lowest BCUT2D eigenvalue weighted by atomic mass is 9.94. The third kappa shape index (κ3) is 3.73. The van der Waals surface area contributed by atoms with Gasteiger partial charge >= 0.3 is 0 Å². The van der Waals surface area contributed by atoms with E-state index in [1.165, 1.54) is 11.8 Å². The van der Waals surface area contributed by atoms with Gasteiger partial charge in [-0.2, -0.15) is 0 Å². The van der Waals surface area contributed by atoms with Gasteiger partial charge in [0.15, 0.2) is 0 Å². The van der Waals surface area contributed by atoms with Crippen LogP contribution >= 0.6 is 35.0 Å². The maximum atomic E-state index is 13.0. The van der Waals surface area contributed by atoms with E-state index in [2.05, 4.69) is 10.4 Å². The van der Waals surface area contributed by atoms with Gasteiger partial charge in [0.25, 0.3) is 5.56 Å². The molecule has 1 saturated heterocycles. The molecule has 2 aliphatic heterocycles. The highest BCUT2D eigenvalue weighted by molar-refractivity contribution is 8.00. The molecule has 1 fully saturated rings. The molecule has 2 atom stereocenters. The zero-order valence-electron chi connectivity index (χ0n) is 15.6. The number of carbonyl (C=O) groups excluding carboxylic acids is 1. The topological polar surface area (TPSA) is 76.1 Å².